The van der Waals surface area contributed by atoms with Gasteiger partial charge in [0.1, 0.15) is 0 Å². The maximum atomic E-state index is 11.8. The van der Waals surface area contributed by atoms with Crippen LogP contribution in [0, 0.1) is 6.92 Å². The molecule has 0 bridgehead atoms. The Morgan fingerprint density at radius 1 is 1.56 bits per heavy atom. The highest BCUT2D eigenvalue weighted by molar-refractivity contribution is 7.99. The van der Waals surface area contributed by atoms with E-state index >= 15 is 0 Å². The van der Waals surface area contributed by atoms with Crippen LogP contribution in [0.25, 0.3) is 0 Å². The van der Waals surface area contributed by atoms with Crippen LogP contribution in [0.3, 0.4) is 0 Å². The Morgan fingerprint density at radius 2 is 2.33 bits per heavy atom. The minimum atomic E-state index is -0.328. The third kappa shape index (κ3) is 2.22. The van der Waals surface area contributed by atoms with Crippen LogP contribution in [0.2, 0.25) is 0 Å². The van der Waals surface area contributed by atoms with Crippen molar-refractivity contribution in [1.29, 1.82) is 0 Å². The molecule has 1 N–H and O–H groups in total. The summed E-state index contributed by atoms with van der Waals surface area (Å²) in [7, 11) is 0. The second-order valence-corrected chi connectivity index (χ2v) is 5.11. The van der Waals surface area contributed by atoms with Crippen LogP contribution < -0.4 is 0 Å². The quantitative estimate of drug-likeness (QED) is 0.507. The van der Waals surface area contributed by atoms with E-state index in [0.717, 1.165) is 21.8 Å². The van der Waals surface area contributed by atoms with Crippen LogP contribution in [0.5, 0.6) is 0 Å². The molecule has 0 unspecified atom stereocenters. The average Bonchev–Trinajstić information content (AvgIpc) is 2.38. The number of hydrogen-bond donors (Lipinski definition) is 1. The molecule has 0 aliphatic carbocycles. The molecule has 96 valence electrons. The fourth-order valence-electron chi connectivity index (χ4n) is 2.08. The number of oxime groups is 1. The van der Waals surface area contributed by atoms with Gasteiger partial charge in [-0.05, 0) is 31.5 Å². The summed E-state index contributed by atoms with van der Waals surface area (Å²) in [6.45, 7) is 4.00. The zero-order valence-corrected chi connectivity index (χ0v) is 11.2. The molecule has 0 amide bonds. The molecular weight excluding hydrogens is 250 g/mol. The molecule has 0 aromatic heterocycles. The topological polar surface area (TPSA) is 58.9 Å². The van der Waals surface area contributed by atoms with Gasteiger partial charge in [-0.1, -0.05) is 5.16 Å². The number of carbonyl (C=O) groups excluding carboxylic acids is 1. The number of fused-ring (bicyclic) bond motifs is 1. The van der Waals surface area contributed by atoms with E-state index in [-0.39, 0.29) is 5.97 Å². The predicted octanol–water partition coefficient (Wildman–Crippen LogP) is 2.85. The molecule has 1 aliphatic heterocycles. The summed E-state index contributed by atoms with van der Waals surface area (Å²) in [6, 6.07) is 3.67. The monoisotopic (exact) mass is 265 g/mol. The Morgan fingerprint density at radius 3 is 3.00 bits per heavy atom. The number of rotatable bonds is 2. The number of nitrogens with zero attached hydrogens (tertiary/aromatic N) is 1. The first-order valence-corrected chi connectivity index (χ1v) is 6.82. The van der Waals surface area contributed by atoms with Crippen molar-refractivity contribution >= 4 is 23.4 Å². The Bertz CT molecular complexity index is 511. The number of carbonyl (C=O) groups is 1. The SMILES string of the molecule is CCOC(=O)c1ccc2c(c1C)/C(=N/O)CCS2. The zero-order valence-electron chi connectivity index (χ0n) is 10.4. The molecule has 0 spiro atoms. The van der Waals surface area contributed by atoms with E-state index < -0.39 is 0 Å². The molecule has 0 atom stereocenters. The minimum absolute atomic E-state index is 0.328. The molecule has 18 heavy (non-hydrogen) atoms. The van der Waals surface area contributed by atoms with E-state index in [9.17, 15) is 4.79 Å². The standard InChI is InChI=1S/C13H15NO3S/c1-3-17-13(15)9-4-5-11-12(8(9)2)10(14-16)6-7-18-11/h4-5,16H,3,6-7H2,1-2H3/b14-10+. The van der Waals surface area contributed by atoms with Crippen LogP contribution in [0.15, 0.2) is 22.2 Å². The number of benzene rings is 1. The Balaban J connectivity index is 2.51. The van der Waals surface area contributed by atoms with E-state index in [1.54, 1.807) is 24.8 Å². The largest absolute Gasteiger partial charge is 0.462 e. The van der Waals surface area contributed by atoms with Gasteiger partial charge in [0, 0.05) is 22.6 Å². The van der Waals surface area contributed by atoms with Crippen molar-refractivity contribution in [3.05, 3.63) is 28.8 Å². The molecule has 0 saturated carbocycles. The van der Waals surface area contributed by atoms with Gasteiger partial charge in [0.05, 0.1) is 17.9 Å². The zero-order chi connectivity index (χ0) is 13.1. The molecule has 1 aromatic carbocycles. The number of thioether (sulfide) groups is 1. The van der Waals surface area contributed by atoms with Gasteiger partial charge in [0.15, 0.2) is 0 Å². The fraction of sp³-hybridized carbons (Fsp3) is 0.385. The molecule has 1 heterocycles. The highest BCUT2D eigenvalue weighted by Crippen LogP contribution is 2.34. The maximum absolute atomic E-state index is 11.8. The Hall–Kier alpha value is -1.49. The fourth-order valence-corrected chi connectivity index (χ4v) is 3.17. The summed E-state index contributed by atoms with van der Waals surface area (Å²) in [5.74, 6) is 0.565. The van der Waals surface area contributed by atoms with E-state index in [1.165, 1.54) is 0 Å². The van der Waals surface area contributed by atoms with Crippen LogP contribution in [0.1, 0.15) is 34.8 Å². The Kier molecular flexibility index (Phi) is 3.91. The molecule has 0 fully saturated rings. The predicted molar refractivity (Wildman–Crippen MR) is 70.8 cm³/mol. The van der Waals surface area contributed by atoms with E-state index in [2.05, 4.69) is 5.16 Å². The summed E-state index contributed by atoms with van der Waals surface area (Å²) < 4.78 is 5.02. The molecule has 5 heteroatoms. The van der Waals surface area contributed by atoms with Crippen molar-refractivity contribution < 1.29 is 14.7 Å². The van der Waals surface area contributed by atoms with Gasteiger partial charge >= 0.3 is 5.97 Å². The molecule has 2 rings (SSSR count). The van der Waals surface area contributed by atoms with Gasteiger partial charge in [0.25, 0.3) is 0 Å². The number of esters is 1. The highest BCUT2D eigenvalue weighted by Gasteiger charge is 2.23. The van der Waals surface area contributed by atoms with E-state index in [4.69, 9.17) is 9.94 Å². The lowest BCUT2D eigenvalue weighted by Gasteiger charge is -2.20. The van der Waals surface area contributed by atoms with Crippen LogP contribution >= 0.6 is 11.8 Å². The van der Waals surface area contributed by atoms with Crippen molar-refractivity contribution in [2.24, 2.45) is 5.16 Å². The van der Waals surface area contributed by atoms with Crippen molar-refractivity contribution in [2.75, 3.05) is 12.4 Å². The second kappa shape index (κ2) is 5.44. The van der Waals surface area contributed by atoms with Gasteiger partial charge in [-0.25, -0.2) is 4.79 Å². The smallest absolute Gasteiger partial charge is 0.338 e. The van der Waals surface area contributed by atoms with Crippen molar-refractivity contribution in [3.8, 4) is 0 Å². The maximum Gasteiger partial charge on any atom is 0.338 e. The lowest BCUT2D eigenvalue weighted by Crippen LogP contribution is -2.15. The molecular formula is C13H15NO3S. The molecule has 1 aromatic rings. The van der Waals surface area contributed by atoms with Crippen LogP contribution in [0.4, 0.5) is 0 Å². The van der Waals surface area contributed by atoms with Gasteiger partial charge in [0.2, 0.25) is 0 Å². The Labute approximate surface area is 110 Å². The minimum Gasteiger partial charge on any atom is -0.462 e. The second-order valence-electron chi connectivity index (χ2n) is 3.98. The van der Waals surface area contributed by atoms with Gasteiger partial charge in [-0.2, -0.15) is 0 Å². The first-order valence-electron chi connectivity index (χ1n) is 5.83. The highest BCUT2D eigenvalue weighted by atomic mass is 32.2. The van der Waals surface area contributed by atoms with Gasteiger partial charge < -0.3 is 9.94 Å². The molecule has 1 aliphatic rings. The third-order valence-electron chi connectivity index (χ3n) is 2.93. The average molecular weight is 265 g/mol. The van der Waals surface area contributed by atoms with Crippen molar-refractivity contribution in [2.45, 2.75) is 25.2 Å². The van der Waals surface area contributed by atoms with Gasteiger partial charge in [-0.15, -0.1) is 11.8 Å². The summed E-state index contributed by atoms with van der Waals surface area (Å²) in [5.41, 5.74) is 2.89. The summed E-state index contributed by atoms with van der Waals surface area (Å²) in [6.07, 6.45) is 0.710. The normalized spacial score (nSPS) is 16.4. The lowest BCUT2D eigenvalue weighted by molar-refractivity contribution is 0.0525. The van der Waals surface area contributed by atoms with Crippen LogP contribution in [-0.2, 0) is 4.74 Å². The first-order chi connectivity index (χ1) is 8.69. The molecule has 0 saturated heterocycles. The van der Waals surface area contributed by atoms with E-state index in [1.807, 2.05) is 13.0 Å². The summed E-state index contributed by atoms with van der Waals surface area (Å²) in [4.78, 5) is 12.9. The molecule has 0 radical (unpaired) electrons. The first kappa shape index (κ1) is 13.0. The number of ether oxygens (including phenoxy) is 1. The van der Waals surface area contributed by atoms with Crippen molar-refractivity contribution in [3.63, 3.8) is 0 Å². The summed E-state index contributed by atoms with van der Waals surface area (Å²) >= 11 is 1.71. The lowest BCUT2D eigenvalue weighted by atomic mass is 9.97. The molecule has 4 nitrogen and oxygen atoms in total. The summed E-state index contributed by atoms with van der Waals surface area (Å²) in [5, 5.41) is 12.4. The van der Waals surface area contributed by atoms with Gasteiger partial charge in [-0.3, -0.25) is 0 Å². The number of hydrogen-bond acceptors (Lipinski definition) is 5. The third-order valence-corrected chi connectivity index (χ3v) is 3.99. The van der Waals surface area contributed by atoms with Crippen LogP contribution in [-0.4, -0.2) is 29.2 Å². The van der Waals surface area contributed by atoms with Crippen molar-refractivity contribution in [1.82, 2.24) is 0 Å². The van der Waals surface area contributed by atoms with E-state index in [0.29, 0.717) is 24.3 Å².